The fourth-order valence-corrected chi connectivity index (χ4v) is 1.34. The van der Waals surface area contributed by atoms with Crippen LogP contribution in [0.15, 0.2) is 28.7 Å². The van der Waals surface area contributed by atoms with E-state index in [1.165, 1.54) is 0 Å². The summed E-state index contributed by atoms with van der Waals surface area (Å²) in [5, 5.41) is 2.14. The molecule has 5 heteroatoms. The third-order valence-corrected chi connectivity index (χ3v) is 2.43. The second kappa shape index (κ2) is 5.88. The van der Waals surface area contributed by atoms with Crippen LogP contribution < -0.4 is 5.32 Å². The highest BCUT2D eigenvalue weighted by Crippen LogP contribution is 2.10. The first-order chi connectivity index (χ1) is 7.09. The molecule has 0 spiro atoms. The van der Waals surface area contributed by atoms with Gasteiger partial charge in [-0.25, -0.2) is 0 Å². The quantitative estimate of drug-likeness (QED) is 0.865. The number of carbonyl (C=O) groups excluding carboxylic acids is 2. The van der Waals surface area contributed by atoms with Gasteiger partial charge in [-0.05, 0) is 35.9 Å². The van der Waals surface area contributed by atoms with E-state index in [1.807, 2.05) is 0 Å². The number of carbonyl (C=O) groups is 2. The Morgan fingerprint density at radius 3 is 2.40 bits per heavy atom. The Balaban J connectivity index is 2.47. The van der Waals surface area contributed by atoms with Gasteiger partial charge in [0.15, 0.2) is 0 Å². The van der Waals surface area contributed by atoms with Gasteiger partial charge in [-0.2, -0.15) is 0 Å². The number of halogens is 2. The Bertz CT molecular complexity index is 364. The van der Waals surface area contributed by atoms with Crippen molar-refractivity contribution in [1.82, 2.24) is 5.32 Å². The first-order valence-electron chi connectivity index (χ1n) is 4.31. The Labute approximate surface area is 101 Å². The molecular formula is C10H9BrClNO2. The fourth-order valence-electron chi connectivity index (χ4n) is 0.978. The van der Waals surface area contributed by atoms with Gasteiger partial charge in [0.05, 0.1) is 0 Å². The number of amides is 1. The summed E-state index contributed by atoms with van der Waals surface area (Å²) in [4.78, 5) is 21.9. The van der Waals surface area contributed by atoms with Crippen molar-refractivity contribution in [3.8, 4) is 0 Å². The van der Waals surface area contributed by atoms with Crippen LogP contribution in [-0.2, 0) is 4.79 Å². The van der Waals surface area contributed by atoms with Gasteiger partial charge in [-0.1, -0.05) is 15.9 Å². The molecule has 0 aromatic heterocycles. The third-order valence-electron chi connectivity index (χ3n) is 1.71. The molecule has 0 aliphatic carbocycles. The molecule has 0 fully saturated rings. The van der Waals surface area contributed by atoms with Gasteiger partial charge < -0.3 is 5.32 Å². The highest BCUT2D eigenvalue weighted by Gasteiger charge is 2.04. The summed E-state index contributed by atoms with van der Waals surface area (Å²) in [5.74, 6) is -0.208. The second-order valence-corrected chi connectivity index (χ2v) is 4.21. The van der Waals surface area contributed by atoms with Crippen LogP contribution in [0.3, 0.4) is 0 Å². The molecule has 1 N–H and O–H groups in total. The minimum Gasteiger partial charge on any atom is -0.352 e. The molecular weight excluding hydrogens is 281 g/mol. The molecule has 0 unspecified atom stereocenters. The smallest absolute Gasteiger partial charge is 0.251 e. The fraction of sp³-hybridized carbons (Fsp3) is 0.200. The van der Waals surface area contributed by atoms with E-state index in [0.717, 1.165) is 4.47 Å². The monoisotopic (exact) mass is 289 g/mol. The molecule has 1 aromatic carbocycles. The Morgan fingerprint density at radius 2 is 1.87 bits per heavy atom. The molecule has 0 atom stereocenters. The first kappa shape index (κ1) is 12.2. The van der Waals surface area contributed by atoms with Gasteiger partial charge >= 0.3 is 0 Å². The molecule has 0 saturated heterocycles. The van der Waals surface area contributed by atoms with Crippen LogP contribution in [0, 0.1) is 0 Å². The normalized spacial score (nSPS) is 9.73. The summed E-state index contributed by atoms with van der Waals surface area (Å²) in [6, 6.07) is 6.95. The largest absolute Gasteiger partial charge is 0.352 e. The van der Waals surface area contributed by atoms with E-state index >= 15 is 0 Å². The van der Waals surface area contributed by atoms with Crippen LogP contribution in [-0.4, -0.2) is 17.7 Å². The van der Waals surface area contributed by atoms with E-state index in [1.54, 1.807) is 24.3 Å². The van der Waals surface area contributed by atoms with E-state index in [4.69, 9.17) is 11.6 Å². The van der Waals surface area contributed by atoms with Crippen LogP contribution in [0.1, 0.15) is 16.8 Å². The summed E-state index contributed by atoms with van der Waals surface area (Å²) in [6.45, 7) is 0.261. The molecule has 1 aromatic rings. The van der Waals surface area contributed by atoms with Crippen LogP contribution in [0.25, 0.3) is 0 Å². The number of hydrogen-bond acceptors (Lipinski definition) is 2. The maximum Gasteiger partial charge on any atom is 0.251 e. The van der Waals surface area contributed by atoms with E-state index in [2.05, 4.69) is 21.2 Å². The molecule has 0 aliphatic rings. The standard InChI is InChI=1S/C10H9BrClNO2/c11-8-3-1-7(2-4-8)10(15)13-6-5-9(12)14/h1-4H,5-6H2,(H,13,15). The summed E-state index contributed by atoms with van der Waals surface area (Å²) in [5.41, 5.74) is 0.556. The van der Waals surface area contributed by atoms with Crippen LogP contribution in [0.4, 0.5) is 0 Å². The van der Waals surface area contributed by atoms with Gasteiger partial charge in [0.25, 0.3) is 5.91 Å². The van der Waals surface area contributed by atoms with Crippen molar-refractivity contribution in [2.45, 2.75) is 6.42 Å². The van der Waals surface area contributed by atoms with Crippen molar-refractivity contribution in [1.29, 1.82) is 0 Å². The van der Waals surface area contributed by atoms with Gasteiger partial charge in [0.1, 0.15) is 0 Å². The van der Waals surface area contributed by atoms with E-state index < -0.39 is 5.24 Å². The average molecular weight is 291 g/mol. The van der Waals surface area contributed by atoms with Crippen LogP contribution in [0.2, 0.25) is 0 Å². The van der Waals surface area contributed by atoms with Crippen LogP contribution >= 0.6 is 27.5 Å². The van der Waals surface area contributed by atoms with Crippen molar-refractivity contribution < 1.29 is 9.59 Å². The number of nitrogens with one attached hydrogen (secondary N) is 1. The zero-order valence-corrected chi connectivity index (χ0v) is 10.1. The predicted octanol–water partition coefficient (Wildman–Crippen LogP) is 2.33. The third kappa shape index (κ3) is 4.44. The maximum absolute atomic E-state index is 11.5. The SMILES string of the molecule is O=C(Cl)CCNC(=O)c1ccc(Br)cc1. The molecule has 80 valence electrons. The van der Waals surface area contributed by atoms with Crippen molar-refractivity contribution in [3.63, 3.8) is 0 Å². The highest BCUT2D eigenvalue weighted by molar-refractivity contribution is 9.10. The topological polar surface area (TPSA) is 46.2 Å². The minimum atomic E-state index is -0.453. The molecule has 0 saturated carbocycles. The first-order valence-corrected chi connectivity index (χ1v) is 5.49. The molecule has 1 amide bonds. The van der Waals surface area contributed by atoms with Crippen molar-refractivity contribution in [2.75, 3.05) is 6.54 Å². The molecule has 0 radical (unpaired) electrons. The lowest BCUT2D eigenvalue weighted by atomic mass is 10.2. The lowest BCUT2D eigenvalue weighted by Crippen LogP contribution is -2.25. The summed E-state index contributed by atoms with van der Waals surface area (Å²) in [6.07, 6.45) is 0.143. The lowest BCUT2D eigenvalue weighted by molar-refractivity contribution is -0.111. The van der Waals surface area contributed by atoms with Gasteiger partial charge in [-0.15, -0.1) is 0 Å². The van der Waals surface area contributed by atoms with Gasteiger partial charge in [0.2, 0.25) is 5.24 Å². The Kier molecular flexibility index (Phi) is 4.78. The maximum atomic E-state index is 11.5. The van der Waals surface area contributed by atoms with E-state index in [9.17, 15) is 9.59 Å². The molecule has 3 nitrogen and oxygen atoms in total. The second-order valence-electron chi connectivity index (χ2n) is 2.87. The van der Waals surface area contributed by atoms with Gasteiger partial charge in [-0.3, -0.25) is 9.59 Å². The van der Waals surface area contributed by atoms with Crippen LogP contribution in [0.5, 0.6) is 0 Å². The molecule has 0 heterocycles. The van der Waals surface area contributed by atoms with E-state index in [-0.39, 0.29) is 18.9 Å². The molecule has 1 rings (SSSR count). The Morgan fingerprint density at radius 1 is 1.27 bits per heavy atom. The summed E-state index contributed by atoms with van der Waals surface area (Å²) >= 11 is 8.40. The zero-order chi connectivity index (χ0) is 11.3. The number of rotatable bonds is 4. The molecule has 0 bridgehead atoms. The summed E-state index contributed by atoms with van der Waals surface area (Å²) in [7, 11) is 0. The number of hydrogen-bond donors (Lipinski definition) is 1. The van der Waals surface area contributed by atoms with Crippen molar-refractivity contribution in [3.05, 3.63) is 34.3 Å². The average Bonchev–Trinajstić information content (AvgIpc) is 2.18. The van der Waals surface area contributed by atoms with Crippen molar-refractivity contribution in [2.24, 2.45) is 0 Å². The van der Waals surface area contributed by atoms with E-state index in [0.29, 0.717) is 5.56 Å². The highest BCUT2D eigenvalue weighted by atomic mass is 79.9. The zero-order valence-electron chi connectivity index (χ0n) is 7.80. The molecule has 15 heavy (non-hydrogen) atoms. The number of benzene rings is 1. The summed E-state index contributed by atoms with van der Waals surface area (Å²) < 4.78 is 0.912. The predicted molar refractivity (Wildman–Crippen MR) is 62.0 cm³/mol. The molecule has 0 aliphatic heterocycles. The lowest BCUT2D eigenvalue weighted by Gasteiger charge is -2.03. The van der Waals surface area contributed by atoms with Crippen molar-refractivity contribution >= 4 is 38.7 Å². The van der Waals surface area contributed by atoms with Gasteiger partial charge in [0, 0.05) is 23.0 Å². The Hall–Kier alpha value is -0.870. The minimum absolute atomic E-state index is 0.143.